The highest BCUT2D eigenvalue weighted by atomic mass is 16.5. The van der Waals surface area contributed by atoms with Crippen LogP contribution in [0.1, 0.15) is 93.2 Å². The van der Waals surface area contributed by atoms with Gasteiger partial charge in [-0.3, -0.25) is 14.4 Å². The number of alkyl carbamates (subject to hydrolysis) is 2. The van der Waals surface area contributed by atoms with Crippen molar-refractivity contribution in [3.05, 3.63) is 65.9 Å². The molecule has 0 saturated carbocycles. The van der Waals surface area contributed by atoms with E-state index in [0.717, 1.165) is 24.8 Å². The third-order valence-corrected chi connectivity index (χ3v) is 10.2. The summed E-state index contributed by atoms with van der Waals surface area (Å²) in [4.78, 5) is 91.2. The molecule has 1 unspecified atom stereocenters. The second-order valence-corrected chi connectivity index (χ2v) is 14.6. The molecule has 0 spiro atoms. The Balaban J connectivity index is 1.11. The minimum atomic E-state index is -0.749. The number of aromatic amines is 3. The van der Waals surface area contributed by atoms with E-state index in [4.69, 9.17) is 14.5 Å². The second kappa shape index (κ2) is 17.1. The molecule has 18 nitrogen and oxygen atoms in total. The zero-order valence-electron chi connectivity index (χ0n) is 32.3. The number of imidazole rings is 3. The van der Waals surface area contributed by atoms with Gasteiger partial charge in [0.1, 0.15) is 35.2 Å². The standard InChI is InChI=1S/C38H49N11O7/c1-20(2)28(46-37(53)55-5)35(51)48-15-7-9-25(48)32-39-17-24(43-32)22-11-13-23(14-12-22)31(50)30-34(42-19-41-30)45-27-18-40-33(44-27)26-10-8-16-49(26)36(52)29(21(3)4)47-38(54)56-6/h11-14,17-21,25-26,28-29,45H,7-10,15-16H2,1-6H3,(H,39,43)(H,40,44)(H,41,42)(H,46,53)(H,47,54)/t25-,26-,28-,29?/m0/s1. The van der Waals surface area contributed by atoms with Crippen molar-refractivity contribution < 1.29 is 33.4 Å². The van der Waals surface area contributed by atoms with Crippen molar-refractivity contribution in [1.82, 2.24) is 50.3 Å². The summed E-state index contributed by atoms with van der Waals surface area (Å²) >= 11 is 0. The molecule has 0 bridgehead atoms. The van der Waals surface area contributed by atoms with Gasteiger partial charge in [-0.2, -0.15) is 0 Å². The predicted octanol–water partition coefficient (Wildman–Crippen LogP) is 4.59. The summed E-state index contributed by atoms with van der Waals surface area (Å²) < 4.78 is 9.46. The van der Waals surface area contributed by atoms with E-state index in [0.29, 0.717) is 48.2 Å². The first-order chi connectivity index (χ1) is 26.9. The average Bonchev–Trinajstić information content (AvgIpc) is 4.04. The topological polar surface area (TPSA) is 232 Å². The van der Waals surface area contributed by atoms with Crippen molar-refractivity contribution in [3.63, 3.8) is 0 Å². The second-order valence-electron chi connectivity index (χ2n) is 14.6. The number of carbonyl (C=O) groups is 5. The Morgan fingerprint density at radius 1 is 0.750 bits per heavy atom. The molecule has 56 heavy (non-hydrogen) atoms. The number of amides is 4. The lowest BCUT2D eigenvalue weighted by Crippen LogP contribution is -2.51. The lowest BCUT2D eigenvalue weighted by Gasteiger charge is -2.29. The molecule has 2 saturated heterocycles. The SMILES string of the molecule is COC(=O)NC(C(=O)N1CCC[C@H]1c1nc(Nc2nc[nH]c2C(=O)c2ccc(-c3c[nH]c([C@@H]4CCCN4C(=O)[C@@H](NC(=O)OC)C(C)C)n3)cc2)c[nH]1)C(C)C. The van der Waals surface area contributed by atoms with Crippen LogP contribution in [0, 0.1) is 11.8 Å². The van der Waals surface area contributed by atoms with Crippen molar-refractivity contribution in [2.24, 2.45) is 11.8 Å². The van der Waals surface area contributed by atoms with Crippen LogP contribution in [0.5, 0.6) is 0 Å². The zero-order chi connectivity index (χ0) is 40.1. The molecule has 5 heterocycles. The molecule has 298 valence electrons. The van der Waals surface area contributed by atoms with E-state index < -0.39 is 24.3 Å². The van der Waals surface area contributed by atoms with E-state index in [1.54, 1.807) is 34.3 Å². The number of H-pyrrole nitrogens is 3. The van der Waals surface area contributed by atoms with E-state index in [9.17, 15) is 24.0 Å². The van der Waals surface area contributed by atoms with Crippen LogP contribution in [0.15, 0.2) is 43.0 Å². The fourth-order valence-electron chi connectivity index (χ4n) is 7.23. The van der Waals surface area contributed by atoms with Crippen LogP contribution in [-0.2, 0) is 19.1 Å². The van der Waals surface area contributed by atoms with Crippen molar-refractivity contribution in [2.75, 3.05) is 32.6 Å². The maximum Gasteiger partial charge on any atom is 0.407 e. The van der Waals surface area contributed by atoms with Gasteiger partial charge in [-0.25, -0.2) is 24.5 Å². The molecule has 18 heteroatoms. The van der Waals surface area contributed by atoms with Crippen molar-refractivity contribution in [3.8, 4) is 11.3 Å². The Kier molecular flexibility index (Phi) is 12.0. The van der Waals surface area contributed by atoms with Gasteiger partial charge in [0.05, 0.1) is 38.3 Å². The number of nitrogens with zero attached hydrogens (tertiary/aromatic N) is 5. The maximum absolute atomic E-state index is 13.7. The number of anilines is 2. The van der Waals surface area contributed by atoms with Crippen LogP contribution in [-0.4, -0.2) is 109 Å². The van der Waals surface area contributed by atoms with Gasteiger partial charge in [0.2, 0.25) is 17.6 Å². The number of carbonyl (C=O) groups excluding carboxylic acids is 5. The third-order valence-electron chi connectivity index (χ3n) is 10.2. The fourth-order valence-corrected chi connectivity index (χ4v) is 7.23. The summed E-state index contributed by atoms with van der Waals surface area (Å²) in [6, 6.07) is 4.97. The third kappa shape index (κ3) is 8.38. The van der Waals surface area contributed by atoms with Crippen molar-refractivity contribution >= 4 is 41.4 Å². The van der Waals surface area contributed by atoms with Crippen LogP contribution in [0.4, 0.5) is 21.2 Å². The Morgan fingerprint density at radius 3 is 1.82 bits per heavy atom. The number of hydrogen-bond acceptors (Lipinski definition) is 11. The minimum absolute atomic E-state index is 0.141. The summed E-state index contributed by atoms with van der Waals surface area (Å²) in [5.41, 5.74) is 2.10. The summed E-state index contributed by atoms with van der Waals surface area (Å²) in [6.07, 6.45) is 6.52. The molecule has 4 amide bonds. The van der Waals surface area contributed by atoms with E-state index in [-0.39, 0.29) is 53.0 Å². The smallest absolute Gasteiger partial charge is 0.407 e. The summed E-state index contributed by atoms with van der Waals surface area (Å²) in [7, 11) is 2.53. The van der Waals surface area contributed by atoms with Crippen LogP contribution in [0.25, 0.3) is 11.3 Å². The normalized spacial score (nSPS) is 17.9. The highest BCUT2D eigenvalue weighted by molar-refractivity contribution is 6.11. The van der Waals surface area contributed by atoms with E-state index in [1.807, 2.05) is 39.8 Å². The molecule has 3 aromatic heterocycles. The number of aromatic nitrogens is 6. The monoisotopic (exact) mass is 771 g/mol. The van der Waals surface area contributed by atoms with Crippen molar-refractivity contribution in [1.29, 1.82) is 0 Å². The van der Waals surface area contributed by atoms with Gasteiger partial charge in [-0.1, -0.05) is 52.0 Å². The van der Waals surface area contributed by atoms with E-state index >= 15 is 0 Å². The van der Waals surface area contributed by atoms with Gasteiger partial charge >= 0.3 is 12.2 Å². The van der Waals surface area contributed by atoms with Crippen LogP contribution < -0.4 is 16.0 Å². The number of nitrogens with one attached hydrogen (secondary N) is 6. The fraction of sp³-hybridized carbons (Fsp3) is 0.474. The highest BCUT2D eigenvalue weighted by Crippen LogP contribution is 2.34. The number of ether oxygens (including phenoxy) is 2. The molecule has 0 radical (unpaired) electrons. The number of likely N-dealkylation sites (tertiary alicyclic amines) is 2. The first-order valence-electron chi connectivity index (χ1n) is 18.8. The molecular weight excluding hydrogens is 722 g/mol. The van der Waals surface area contributed by atoms with Gasteiger partial charge in [0, 0.05) is 36.6 Å². The Morgan fingerprint density at radius 2 is 1.29 bits per heavy atom. The number of rotatable bonds is 13. The lowest BCUT2D eigenvalue weighted by molar-refractivity contribution is -0.136. The quantitative estimate of drug-likeness (QED) is 0.103. The van der Waals surface area contributed by atoms with E-state index in [2.05, 4.69) is 40.9 Å². The molecule has 2 fully saturated rings. The van der Waals surface area contributed by atoms with Crippen LogP contribution >= 0.6 is 0 Å². The predicted molar refractivity (Wildman–Crippen MR) is 204 cm³/mol. The molecule has 1 aromatic carbocycles. The summed E-state index contributed by atoms with van der Waals surface area (Å²) in [5, 5.41) is 8.43. The van der Waals surface area contributed by atoms with Gasteiger partial charge in [-0.15, -0.1) is 0 Å². The number of methoxy groups -OCH3 is 2. The van der Waals surface area contributed by atoms with Gasteiger partial charge in [-0.05, 0) is 37.5 Å². The largest absolute Gasteiger partial charge is 0.453 e. The molecule has 2 aliphatic heterocycles. The first-order valence-corrected chi connectivity index (χ1v) is 18.8. The molecule has 4 atom stereocenters. The molecule has 2 aliphatic rings. The number of ketones is 1. The van der Waals surface area contributed by atoms with Gasteiger partial charge in [0.25, 0.3) is 0 Å². The van der Waals surface area contributed by atoms with Crippen LogP contribution in [0.2, 0.25) is 0 Å². The number of hydrogen-bond donors (Lipinski definition) is 6. The maximum atomic E-state index is 13.7. The zero-order valence-corrected chi connectivity index (χ0v) is 32.3. The molecule has 4 aromatic rings. The van der Waals surface area contributed by atoms with Crippen LogP contribution in [0.3, 0.4) is 0 Å². The Hall–Kier alpha value is -6.20. The molecule has 6 rings (SSSR count). The average molecular weight is 772 g/mol. The summed E-state index contributed by atoms with van der Waals surface area (Å²) in [5.74, 6) is 0.928. The molecule has 6 N–H and O–H groups in total. The molecular formula is C38H49N11O7. The van der Waals surface area contributed by atoms with Gasteiger partial charge < -0.3 is 50.2 Å². The lowest BCUT2D eigenvalue weighted by atomic mass is 10.0. The molecule has 0 aliphatic carbocycles. The minimum Gasteiger partial charge on any atom is -0.453 e. The van der Waals surface area contributed by atoms with E-state index in [1.165, 1.54) is 20.5 Å². The first kappa shape index (κ1) is 39.5. The Labute approximate surface area is 323 Å². The van der Waals surface area contributed by atoms with Crippen molar-refractivity contribution in [2.45, 2.75) is 77.5 Å². The Bertz CT molecular complexity index is 2040. The highest BCUT2D eigenvalue weighted by Gasteiger charge is 2.39. The number of benzene rings is 1. The van der Waals surface area contributed by atoms with Gasteiger partial charge in [0.15, 0.2) is 5.82 Å². The summed E-state index contributed by atoms with van der Waals surface area (Å²) in [6.45, 7) is 8.53.